The van der Waals surface area contributed by atoms with E-state index in [9.17, 15) is 9.59 Å². The lowest BCUT2D eigenvalue weighted by molar-refractivity contribution is -0.117. The molecule has 2 aromatic carbocycles. The number of carbonyl (C=O) groups excluding carboxylic acids is 2. The predicted molar refractivity (Wildman–Crippen MR) is 124 cm³/mol. The average Bonchev–Trinajstić information content (AvgIpc) is 2.78. The van der Waals surface area contributed by atoms with Crippen LogP contribution >= 0.6 is 0 Å². The van der Waals surface area contributed by atoms with Crippen molar-refractivity contribution in [3.63, 3.8) is 0 Å². The average molecular weight is 424 g/mol. The van der Waals surface area contributed by atoms with Gasteiger partial charge in [0.05, 0.1) is 13.2 Å². The predicted octanol–water partition coefficient (Wildman–Crippen LogP) is 3.68. The zero-order chi connectivity index (χ0) is 22.2. The molecule has 2 amide bonds. The molecule has 1 saturated heterocycles. The first kappa shape index (κ1) is 22.8. The molecule has 166 valence electrons. The molecule has 2 aromatic rings. The maximum absolute atomic E-state index is 12.9. The molecule has 0 unspecified atom stereocenters. The number of rotatable bonds is 8. The van der Waals surface area contributed by atoms with Gasteiger partial charge in [0.15, 0.2) is 0 Å². The molecule has 1 N–H and O–H groups in total. The first-order valence-corrected chi connectivity index (χ1v) is 11.1. The molecule has 0 saturated carbocycles. The summed E-state index contributed by atoms with van der Waals surface area (Å²) in [6.45, 7) is 9.79. The lowest BCUT2D eigenvalue weighted by Crippen LogP contribution is -2.50. The fraction of sp³-hybridized carbons (Fsp3) is 0.440. The van der Waals surface area contributed by atoms with E-state index in [1.807, 2.05) is 53.4 Å². The van der Waals surface area contributed by atoms with Gasteiger partial charge in [-0.1, -0.05) is 45.0 Å². The van der Waals surface area contributed by atoms with E-state index in [0.717, 1.165) is 23.4 Å². The number of aryl methyl sites for hydroxylation is 1. The number of para-hydroxylation sites is 1. The molecular weight excluding hydrogens is 390 g/mol. The van der Waals surface area contributed by atoms with Crippen molar-refractivity contribution in [2.24, 2.45) is 5.92 Å². The van der Waals surface area contributed by atoms with Crippen LogP contribution in [-0.4, -0.2) is 60.9 Å². The molecule has 1 aliphatic heterocycles. The van der Waals surface area contributed by atoms with Gasteiger partial charge < -0.3 is 15.0 Å². The fourth-order valence-corrected chi connectivity index (χ4v) is 3.62. The van der Waals surface area contributed by atoms with Gasteiger partial charge in [-0.05, 0) is 42.2 Å². The van der Waals surface area contributed by atoms with Crippen molar-refractivity contribution in [3.8, 4) is 5.75 Å². The highest BCUT2D eigenvalue weighted by Gasteiger charge is 2.23. The van der Waals surface area contributed by atoms with Gasteiger partial charge >= 0.3 is 0 Å². The summed E-state index contributed by atoms with van der Waals surface area (Å²) >= 11 is 0. The molecular formula is C25H33N3O3. The van der Waals surface area contributed by atoms with E-state index < -0.39 is 0 Å². The number of nitrogens with zero attached hydrogens (tertiary/aromatic N) is 2. The van der Waals surface area contributed by atoms with Crippen LogP contribution in [0.25, 0.3) is 0 Å². The first-order valence-electron chi connectivity index (χ1n) is 11.1. The number of piperazine rings is 1. The molecule has 0 aliphatic carbocycles. The number of anilines is 1. The monoisotopic (exact) mass is 423 g/mol. The molecule has 0 atom stereocenters. The molecule has 1 fully saturated rings. The SMILES string of the molecule is CCc1ccccc1NC(=O)CN1CCN(C(=O)c2cccc(OCC(C)C)c2)CC1. The van der Waals surface area contributed by atoms with Crippen LogP contribution in [0.15, 0.2) is 48.5 Å². The van der Waals surface area contributed by atoms with Gasteiger partial charge in [-0.15, -0.1) is 0 Å². The lowest BCUT2D eigenvalue weighted by atomic mass is 10.1. The van der Waals surface area contributed by atoms with Crippen LogP contribution in [0.5, 0.6) is 5.75 Å². The van der Waals surface area contributed by atoms with Crippen LogP contribution in [0.4, 0.5) is 5.69 Å². The maximum Gasteiger partial charge on any atom is 0.254 e. The van der Waals surface area contributed by atoms with Crippen molar-refractivity contribution >= 4 is 17.5 Å². The Bertz CT molecular complexity index is 889. The summed E-state index contributed by atoms with van der Waals surface area (Å²) in [6.07, 6.45) is 0.876. The molecule has 0 spiro atoms. The first-order chi connectivity index (χ1) is 15.0. The third-order valence-electron chi connectivity index (χ3n) is 5.36. The van der Waals surface area contributed by atoms with E-state index in [1.54, 1.807) is 0 Å². The highest BCUT2D eigenvalue weighted by atomic mass is 16.5. The van der Waals surface area contributed by atoms with Crippen LogP contribution < -0.4 is 10.1 Å². The standard InChI is InChI=1S/C25H33N3O3/c1-4-20-8-5-6-11-23(20)26-24(29)17-27-12-14-28(15-13-27)25(30)21-9-7-10-22(16-21)31-18-19(2)3/h5-11,16,19H,4,12-15,17-18H2,1-3H3,(H,26,29). The number of amides is 2. The van der Waals surface area contributed by atoms with Crippen molar-refractivity contribution < 1.29 is 14.3 Å². The molecule has 31 heavy (non-hydrogen) atoms. The second-order valence-electron chi connectivity index (χ2n) is 8.36. The van der Waals surface area contributed by atoms with Gasteiger partial charge in [-0.25, -0.2) is 0 Å². The number of ether oxygens (including phenoxy) is 1. The summed E-state index contributed by atoms with van der Waals surface area (Å²) in [4.78, 5) is 29.3. The Hall–Kier alpha value is -2.86. The Morgan fingerprint density at radius 1 is 1.03 bits per heavy atom. The Balaban J connectivity index is 1.49. The zero-order valence-corrected chi connectivity index (χ0v) is 18.8. The second kappa shape index (κ2) is 11.0. The number of hydrogen-bond donors (Lipinski definition) is 1. The summed E-state index contributed by atoms with van der Waals surface area (Å²) in [5.41, 5.74) is 2.65. The minimum Gasteiger partial charge on any atom is -0.493 e. The smallest absolute Gasteiger partial charge is 0.254 e. The van der Waals surface area contributed by atoms with E-state index >= 15 is 0 Å². The number of nitrogens with one attached hydrogen (secondary N) is 1. The summed E-state index contributed by atoms with van der Waals surface area (Å²) in [7, 11) is 0. The van der Waals surface area contributed by atoms with Crippen molar-refractivity contribution in [2.45, 2.75) is 27.2 Å². The summed E-state index contributed by atoms with van der Waals surface area (Å²) in [6, 6.07) is 15.3. The zero-order valence-electron chi connectivity index (χ0n) is 18.8. The minimum absolute atomic E-state index is 0.0102. The number of benzene rings is 2. The third kappa shape index (κ3) is 6.56. The molecule has 0 radical (unpaired) electrons. The highest BCUT2D eigenvalue weighted by Crippen LogP contribution is 2.18. The minimum atomic E-state index is -0.0179. The molecule has 3 rings (SSSR count). The molecule has 1 aliphatic rings. The van der Waals surface area contributed by atoms with Crippen molar-refractivity contribution in [2.75, 3.05) is 44.6 Å². The van der Waals surface area contributed by atoms with Gasteiger partial charge in [0, 0.05) is 37.4 Å². The van der Waals surface area contributed by atoms with Gasteiger partial charge in [0.1, 0.15) is 5.75 Å². The molecule has 0 aromatic heterocycles. The van der Waals surface area contributed by atoms with Crippen LogP contribution in [0.3, 0.4) is 0 Å². The summed E-state index contributed by atoms with van der Waals surface area (Å²) in [5.74, 6) is 1.15. The van der Waals surface area contributed by atoms with Gasteiger partial charge in [0.2, 0.25) is 5.91 Å². The Kier molecular flexibility index (Phi) is 8.06. The molecule has 1 heterocycles. The topological polar surface area (TPSA) is 61.9 Å². The van der Waals surface area contributed by atoms with E-state index in [2.05, 4.69) is 31.0 Å². The fourth-order valence-electron chi connectivity index (χ4n) is 3.62. The Morgan fingerprint density at radius 3 is 2.48 bits per heavy atom. The maximum atomic E-state index is 12.9. The van der Waals surface area contributed by atoms with Gasteiger partial charge in [0.25, 0.3) is 5.91 Å². The third-order valence-corrected chi connectivity index (χ3v) is 5.36. The lowest BCUT2D eigenvalue weighted by Gasteiger charge is -2.34. The van der Waals surface area contributed by atoms with Gasteiger partial charge in [-0.3, -0.25) is 14.5 Å². The van der Waals surface area contributed by atoms with E-state index in [1.165, 1.54) is 0 Å². The largest absolute Gasteiger partial charge is 0.493 e. The van der Waals surface area contributed by atoms with Crippen LogP contribution in [0, 0.1) is 5.92 Å². The Morgan fingerprint density at radius 2 is 1.77 bits per heavy atom. The molecule has 0 bridgehead atoms. The van der Waals surface area contributed by atoms with E-state index in [-0.39, 0.29) is 11.8 Å². The normalized spacial score (nSPS) is 14.5. The van der Waals surface area contributed by atoms with Crippen molar-refractivity contribution in [3.05, 3.63) is 59.7 Å². The van der Waals surface area contributed by atoms with Crippen LogP contribution in [0.2, 0.25) is 0 Å². The van der Waals surface area contributed by atoms with Gasteiger partial charge in [-0.2, -0.15) is 0 Å². The van der Waals surface area contributed by atoms with E-state index in [0.29, 0.717) is 50.8 Å². The summed E-state index contributed by atoms with van der Waals surface area (Å²) in [5, 5.41) is 3.02. The molecule has 6 heteroatoms. The number of carbonyl (C=O) groups is 2. The van der Waals surface area contributed by atoms with E-state index in [4.69, 9.17) is 4.74 Å². The van der Waals surface area contributed by atoms with Crippen LogP contribution in [-0.2, 0) is 11.2 Å². The number of hydrogen-bond acceptors (Lipinski definition) is 4. The summed E-state index contributed by atoms with van der Waals surface area (Å²) < 4.78 is 5.75. The Labute approximate surface area is 185 Å². The van der Waals surface area contributed by atoms with Crippen molar-refractivity contribution in [1.29, 1.82) is 0 Å². The second-order valence-corrected chi connectivity index (χ2v) is 8.36. The quantitative estimate of drug-likeness (QED) is 0.704. The van der Waals surface area contributed by atoms with Crippen molar-refractivity contribution in [1.82, 2.24) is 9.80 Å². The molecule has 6 nitrogen and oxygen atoms in total. The highest BCUT2D eigenvalue weighted by molar-refractivity contribution is 5.95. The van der Waals surface area contributed by atoms with Crippen LogP contribution in [0.1, 0.15) is 36.7 Å².